The predicted octanol–water partition coefficient (Wildman–Crippen LogP) is 6.10. The van der Waals surface area contributed by atoms with Crippen molar-refractivity contribution < 1.29 is 23.1 Å². The van der Waals surface area contributed by atoms with Gasteiger partial charge in [0.25, 0.3) is 5.91 Å². The number of aliphatic hydroxyl groups is 1. The van der Waals surface area contributed by atoms with Crippen LogP contribution in [0.25, 0.3) is 11.1 Å². The molecule has 0 atom stereocenters. The molecule has 1 amide bonds. The highest BCUT2D eigenvalue weighted by molar-refractivity contribution is 6.42. The Kier molecular flexibility index (Phi) is 6.71. The van der Waals surface area contributed by atoms with Crippen molar-refractivity contribution in [1.29, 1.82) is 0 Å². The van der Waals surface area contributed by atoms with E-state index in [0.29, 0.717) is 21.2 Å². The standard InChI is InChI=1S/C22H16Cl2F3NO2/c23-19-6-5-13(9-20(19)24)11-28-21(30)16-8-14(12-29)7-15(10-16)17-3-1-2-4-18(17)22(25,26)27/h1-10,29H,11-12H2,(H,28,30). The van der Waals surface area contributed by atoms with Crippen LogP contribution >= 0.6 is 23.2 Å². The third-order valence-electron chi connectivity index (χ3n) is 4.42. The topological polar surface area (TPSA) is 49.3 Å². The monoisotopic (exact) mass is 453 g/mol. The van der Waals surface area contributed by atoms with E-state index < -0.39 is 24.3 Å². The quantitative estimate of drug-likeness (QED) is 0.490. The second-order valence-electron chi connectivity index (χ2n) is 6.55. The first kappa shape index (κ1) is 22.2. The van der Waals surface area contributed by atoms with Gasteiger partial charge < -0.3 is 10.4 Å². The second kappa shape index (κ2) is 9.08. The fourth-order valence-corrected chi connectivity index (χ4v) is 3.31. The van der Waals surface area contributed by atoms with E-state index in [1.54, 1.807) is 18.2 Å². The minimum atomic E-state index is -4.55. The van der Waals surface area contributed by atoms with Crippen LogP contribution in [0.3, 0.4) is 0 Å². The molecule has 0 aliphatic carbocycles. The molecule has 0 aliphatic rings. The van der Waals surface area contributed by atoms with Gasteiger partial charge in [-0.2, -0.15) is 13.2 Å². The van der Waals surface area contributed by atoms with Crippen LogP contribution in [0.4, 0.5) is 13.2 Å². The van der Waals surface area contributed by atoms with Crippen molar-refractivity contribution in [2.24, 2.45) is 0 Å². The fourth-order valence-electron chi connectivity index (χ4n) is 2.99. The van der Waals surface area contributed by atoms with Crippen molar-refractivity contribution in [2.75, 3.05) is 0 Å². The third-order valence-corrected chi connectivity index (χ3v) is 5.16. The number of amides is 1. The Morgan fingerprint density at radius 3 is 2.33 bits per heavy atom. The molecule has 0 bridgehead atoms. The van der Waals surface area contributed by atoms with Crippen LogP contribution in [-0.4, -0.2) is 11.0 Å². The fraction of sp³-hybridized carbons (Fsp3) is 0.136. The number of alkyl halides is 3. The van der Waals surface area contributed by atoms with E-state index in [4.69, 9.17) is 23.2 Å². The average Bonchev–Trinajstić information content (AvgIpc) is 2.73. The SMILES string of the molecule is O=C(NCc1ccc(Cl)c(Cl)c1)c1cc(CO)cc(-c2ccccc2C(F)(F)F)c1. The van der Waals surface area contributed by atoms with E-state index in [2.05, 4.69) is 5.32 Å². The number of nitrogens with one attached hydrogen (secondary N) is 1. The van der Waals surface area contributed by atoms with Gasteiger partial charge in [0.15, 0.2) is 0 Å². The number of benzene rings is 3. The molecule has 30 heavy (non-hydrogen) atoms. The molecule has 0 aliphatic heterocycles. The number of rotatable bonds is 5. The number of carbonyl (C=O) groups is 1. The summed E-state index contributed by atoms with van der Waals surface area (Å²) in [4.78, 5) is 12.6. The smallest absolute Gasteiger partial charge is 0.392 e. The molecule has 0 saturated carbocycles. The molecule has 0 heterocycles. The summed E-state index contributed by atoms with van der Waals surface area (Å²) in [5.74, 6) is -0.498. The molecule has 3 aromatic carbocycles. The number of hydrogen-bond acceptors (Lipinski definition) is 2. The summed E-state index contributed by atoms with van der Waals surface area (Å²) in [5.41, 5.74) is 0.465. The summed E-state index contributed by atoms with van der Waals surface area (Å²) in [6, 6.07) is 14.2. The Morgan fingerprint density at radius 2 is 1.67 bits per heavy atom. The van der Waals surface area contributed by atoms with Crippen molar-refractivity contribution in [3.63, 3.8) is 0 Å². The van der Waals surface area contributed by atoms with Crippen molar-refractivity contribution in [2.45, 2.75) is 19.3 Å². The van der Waals surface area contributed by atoms with Gasteiger partial charge in [-0.05, 0) is 58.7 Å². The van der Waals surface area contributed by atoms with Gasteiger partial charge in [0.1, 0.15) is 0 Å². The summed E-state index contributed by atoms with van der Waals surface area (Å²) >= 11 is 11.8. The molecular weight excluding hydrogens is 438 g/mol. The first-order chi connectivity index (χ1) is 14.2. The minimum absolute atomic E-state index is 0.0705. The lowest BCUT2D eigenvalue weighted by Gasteiger charge is -2.15. The van der Waals surface area contributed by atoms with E-state index in [0.717, 1.165) is 6.07 Å². The Balaban J connectivity index is 1.91. The molecule has 3 aromatic rings. The van der Waals surface area contributed by atoms with Crippen LogP contribution in [0, 0.1) is 0 Å². The Bertz CT molecular complexity index is 1080. The summed E-state index contributed by atoms with van der Waals surface area (Å²) in [7, 11) is 0. The summed E-state index contributed by atoms with van der Waals surface area (Å²) in [5, 5.41) is 12.9. The summed E-state index contributed by atoms with van der Waals surface area (Å²) in [6.45, 7) is -0.275. The first-order valence-electron chi connectivity index (χ1n) is 8.82. The van der Waals surface area contributed by atoms with Crippen molar-refractivity contribution in [3.05, 3.63) is 93.0 Å². The van der Waals surface area contributed by atoms with Crippen molar-refractivity contribution in [1.82, 2.24) is 5.32 Å². The van der Waals surface area contributed by atoms with Gasteiger partial charge in [-0.15, -0.1) is 0 Å². The Labute approximate surface area is 181 Å². The van der Waals surface area contributed by atoms with Crippen LogP contribution in [0.15, 0.2) is 60.7 Å². The molecule has 2 N–H and O–H groups in total. The Morgan fingerprint density at radius 1 is 0.933 bits per heavy atom. The zero-order valence-corrected chi connectivity index (χ0v) is 16.9. The molecule has 0 radical (unpaired) electrons. The lowest BCUT2D eigenvalue weighted by atomic mass is 9.95. The third kappa shape index (κ3) is 5.14. The zero-order chi connectivity index (χ0) is 21.9. The van der Waals surface area contributed by atoms with Gasteiger partial charge in [-0.1, -0.05) is 47.5 Å². The maximum Gasteiger partial charge on any atom is 0.417 e. The van der Waals surface area contributed by atoms with Crippen molar-refractivity contribution in [3.8, 4) is 11.1 Å². The van der Waals surface area contributed by atoms with Gasteiger partial charge in [0, 0.05) is 12.1 Å². The minimum Gasteiger partial charge on any atom is -0.392 e. The summed E-state index contributed by atoms with van der Waals surface area (Å²) < 4.78 is 40.2. The van der Waals surface area contributed by atoms with Crippen LogP contribution in [-0.2, 0) is 19.3 Å². The van der Waals surface area contributed by atoms with Crippen LogP contribution < -0.4 is 5.32 Å². The van der Waals surface area contributed by atoms with E-state index in [1.165, 1.54) is 36.4 Å². The zero-order valence-electron chi connectivity index (χ0n) is 15.4. The van der Waals surface area contributed by atoms with E-state index in [9.17, 15) is 23.1 Å². The lowest BCUT2D eigenvalue weighted by Crippen LogP contribution is -2.23. The largest absolute Gasteiger partial charge is 0.417 e. The van der Waals surface area contributed by atoms with E-state index >= 15 is 0 Å². The molecule has 0 fully saturated rings. The molecule has 8 heteroatoms. The maximum atomic E-state index is 13.4. The maximum absolute atomic E-state index is 13.4. The normalized spacial score (nSPS) is 11.4. The number of halogens is 5. The molecule has 0 aromatic heterocycles. The van der Waals surface area contributed by atoms with Crippen molar-refractivity contribution >= 4 is 29.1 Å². The number of hydrogen-bond donors (Lipinski definition) is 2. The number of aliphatic hydroxyl groups excluding tert-OH is 1. The molecule has 0 spiro atoms. The van der Waals surface area contributed by atoms with Gasteiger partial charge >= 0.3 is 6.18 Å². The highest BCUT2D eigenvalue weighted by Gasteiger charge is 2.33. The highest BCUT2D eigenvalue weighted by atomic mass is 35.5. The van der Waals surface area contributed by atoms with Gasteiger partial charge in [-0.3, -0.25) is 4.79 Å². The van der Waals surface area contributed by atoms with Gasteiger partial charge in [-0.25, -0.2) is 0 Å². The molecular formula is C22H16Cl2F3NO2. The molecule has 3 nitrogen and oxygen atoms in total. The van der Waals surface area contributed by atoms with Crippen LogP contribution in [0.5, 0.6) is 0 Å². The van der Waals surface area contributed by atoms with Gasteiger partial charge in [0.05, 0.1) is 22.2 Å². The predicted molar refractivity (Wildman–Crippen MR) is 110 cm³/mol. The van der Waals surface area contributed by atoms with Crippen LogP contribution in [0.1, 0.15) is 27.0 Å². The Hall–Kier alpha value is -2.54. The van der Waals surface area contributed by atoms with Gasteiger partial charge in [0.2, 0.25) is 0 Å². The van der Waals surface area contributed by atoms with E-state index in [1.807, 2.05) is 0 Å². The lowest BCUT2D eigenvalue weighted by molar-refractivity contribution is -0.137. The number of carbonyl (C=O) groups excluding carboxylic acids is 1. The molecule has 156 valence electrons. The molecule has 3 rings (SSSR count). The molecule has 0 unspecified atom stereocenters. The average molecular weight is 454 g/mol. The summed E-state index contributed by atoms with van der Waals surface area (Å²) in [6.07, 6.45) is -4.55. The highest BCUT2D eigenvalue weighted by Crippen LogP contribution is 2.37. The van der Waals surface area contributed by atoms with Crippen LogP contribution in [0.2, 0.25) is 10.0 Å². The second-order valence-corrected chi connectivity index (χ2v) is 7.37. The molecule has 0 saturated heterocycles. The first-order valence-corrected chi connectivity index (χ1v) is 9.58. The van der Waals surface area contributed by atoms with E-state index in [-0.39, 0.29) is 23.2 Å².